The number of hydrogen-bond acceptors (Lipinski definition) is 7. The Kier molecular flexibility index (Phi) is 4.65. The highest BCUT2D eigenvalue weighted by atomic mass is 32.1. The average molecular weight is 422 g/mol. The smallest absolute Gasteiger partial charge is 0.285 e. The number of H-pyrrole nitrogens is 1. The lowest BCUT2D eigenvalue weighted by Crippen LogP contribution is -2.14. The van der Waals surface area contributed by atoms with E-state index in [1.54, 1.807) is 52.9 Å². The fraction of sp³-hybridized carbons (Fsp3) is 0.0625. The molecule has 0 saturated carbocycles. The van der Waals surface area contributed by atoms with E-state index < -0.39 is 17.9 Å². The van der Waals surface area contributed by atoms with Gasteiger partial charge in [0, 0.05) is 0 Å². The van der Waals surface area contributed by atoms with Crippen LogP contribution in [-0.2, 0) is 6.18 Å². The van der Waals surface area contributed by atoms with Gasteiger partial charge >= 0.3 is 6.18 Å². The fourth-order valence-corrected chi connectivity index (χ4v) is 3.80. The monoisotopic (exact) mass is 422 g/mol. The van der Waals surface area contributed by atoms with E-state index in [2.05, 4.69) is 20.2 Å². The standard InChI is InChI=1S/C16H9F3N6OS2/c17-16(18,19)13-20-14(23-22-13)21-15-25(9-5-2-1-3-6-9)24-12(28-15)11(26)10-7-4-8-27-10/h1-8H,(H,20,22,23). The molecule has 3 aromatic heterocycles. The van der Waals surface area contributed by atoms with Crippen molar-refractivity contribution in [2.75, 3.05) is 0 Å². The number of nitrogens with one attached hydrogen (secondary N) is 1. The third-order valence-electron chi connectivity index (χ3n) is 3.44. The summed E-state index contributed by atoms with van der Waals surface area (Å²) in [5.41, 5.74) is 0.592. The van der Waals surface area contributed by atoms with Crippen LogP contribution >= 0.6 is 22.7 Å². The molecule has 0 amide bonds. The Morgan fingerprint density at radius 1 is 1.14 bits per heavy atom. The van der Waals surface area contributed by atoms with Gasteiger partial charge in [-0.1, -0.05) is 35.6 Å². The highest BCUT2D eigenvalue weighted by Crippen LogP contribution is 2.26. The van der Waals surface area contributed by atoms with E-state index in [1.165, 1.54) is 16.0 Å². The van der Waals surface area contributed by atoms with E-state index in [1.807, 2.05) is 0 Å². The van der Waals surface area contributed by atoms with Crippen molar-refractivity contribution in [2.24, 2.45) is 4.99 Å². The molecule has 0 aliphatic rings. The molecule has 3 heterocycles. The zero-order valence-electron chi connectivity index (χ0n) is 13.7. The summed E-state index contributed by atoms with van der Waals surface area (Å²) < 4.78 is 39.5. The molecule has 142 valence electrons. The second kappa shape index (κ2) is 7.13. The van der Waals surface area contributed by atoms with Crippen LogP contribution in [-0.4, -0.2) is 30.7 Å². The van der Waals surface area contributed by atoms with Gasteiger partial charge in [0.1, 0.15) is 0 Å². The van der Waals surface area contributed by atoms with E-state index in [0.717, 1.165) is 11.3 Å². The maximum absolute atomic E-state index is 12.7. The molecule has 0 saturated heterocycles. The molecule has 1 aromatic carbocycles. The summed E-state index contributed by atoms with van der Waals surface area (Å²) in [7, 11) is 0. The Morgan fingerprint density at radius 3 is 2.57 bits per heavy atom. The fourth-order valence-electron chi connectivity index (χ4n) is 2.21. The molecule has 4 aromatic rings. The van der Waals surface area contributed by atoms with E-state index in [0.29, 0.717) is 10.6 Å². The SMILES string of the molecule is O=C(c1cccs1)c1nn(-c2ccccc2)c(=Nc2n[nH]c(C(F)(F)F)n2)s1. The Labute approximate surface area is 162 Å². The number of aromatic amines is 1. The van der Waals surface area contributed by atoms with Crippen molar-refractivity contribution in [1.29, 1.82) is 0 Å². The Bertz CT molecular complexity index is 1180. The second-order valence-corrected chi connectivity index (χ2v) is 7.24. The summed E-state index contributed by atoms with van der Waals surface area (Å²) in [6, 6.07) is 12.2. The molecule has 0 bridgehead atoms. The topological polar surface area (TPSA) is 88.8 Å². The van der Waals surface area contributed by atoms with Crippen molar-refractivity contribution in [2.45, 2.75) is 6.18 Å². The van der Waals surface area contributed by atoms with Crippen LogP contribution in [0.3, 0.4) is 0 Å². The van der Waals surface area contributed by atoms with Gasteiger partial charge in [-0.25, -0.2) is 4.68 Å². The van der Waals surface area contributed by atoms with Crippen LogP contribution in [0.5, 0.6) is 0 Å². The number of thiophene rings is 1. The Hall–Kier alpha value is -3.12. The lowest BCUT2D eigenvalue weighted by Gasteiger charge is -1.99. The lowest BCUT2D eigenvalue weighted by molar-refractivity contribution is -0.144. The minimum atomic E-state index is -4.66. The third kappa shape index (κ3) is 3.64. The highest BCUT2D eigenvalue weighted by Gasteiger charge is 2.35. The van der Waals surface area contributed by atoms with Crippen molar-refractivity contribution in [1.82, 2.24) is 25.0 Å². The van der Waals surface area contributed by atoms with Crippen LogP contribution in [0.2, 0.25) is 0 Å². The maximum atomic E-state index is 12.7. The minimum Gasteiger partial charge on any atom is -0.285 e. The molecular formula is C16H9F3N6OS2. The van der Waals surface area contributed by atoms with Gasteiger partial charge in [-0.05, 0) is 23.6 Å². The number of ketones is 1. The van der Waals surface area contributed by atoms with E-state index in [4.69, 9.17) is 0 Å². The van der Waals surface area contributed by atoms with Gasteiger partial charge in [-0.15, -0.1) is 16.4 Å². The number of nitrogens with zero attached hydrogens (tertiary/aromatic N) is 5. The molecule has 0 aliphatic carbocycles. The van der Waals surface area contributed by atoms with Crippen LogP contribution in [0.1, 0.15) is 20.5 Å². The summed E-state index contributed by atoms with van der Waals surface area (Å²) >= 11 is 2.21. The first kappa shape index (κ1) is 18.3. The molecule has 1 N–H and O–H groups in total. The van der Waals surface area contributed by atoms with E-state index in [-0.39, 0.29) is 15.6 Å². The van der Waals surface area contributed by atoms with Crippen molar-refractivity contribution in [3.63, 3.8) is 0 Å². The van der Waals surface area contributed by atoms with Crippen LogP contribution in [0, 0.1) is 0 Å². The van der Waals surface area contributed by atoms with Gasteiger partial charge in [0.2, 0.25) is 16.4 Å². The molecule has 0 radical (unpaired) electrons. The summed E-state index contributed by atoms with van der Waals surface area (Å²) in [5, 5.41) is 11.5. The largest absolute Gasteiger partial charge is 0.451 e. The molecule has 0 aliphatic heterocycles. The normalized spacial score (nSPS) is 12.5. The Balaban J connectivity index is 1.83. The predicted octanol–water partition coefficient (Wildman–Crippen LogP) is 3.60. The molecule has 28 heavy (non-hydrogen) atoms. The maximum Gasteiger partial charge on any atom is 0.451 e. The van der Waals surface area contributed by atoms with Crippen molar-refractivity contribution in [3.8, 4) is 5.69 Å². The molecular weight excluding hydrogens is 413 g/mol. The van der Waals surface area contributed by atoms with E-state index >= 15 is 0 Å². The molecule has 0 unspecified atom stereocenters. The number of carbonyl (C=O) groups is 1. The zero-order valence-corrected chi connectivity index (χ0v) is 15.3. The molecule has 0 fully saturated rings. The predicted molar refractivity (Wildman–Crippen MR) is 95.8 cm³/mol. The first-order valence-corrected chi connectivity index (χ1v) is 9.39. The number of carbonyl (C=O) groups excluding carboxylic acids is 1. The number of aromatic nitrogens is 5. The zero-order chi connectivity index (χ0) is 19.7. The summed E-state index contributed by atoms with van der Waals surface area (Å²) in [4.78, 5) is 20.7. The Morgan fingerprint density at radius 2 is 1.93 bits per heavy atom. The first-order chi connectivity index (χ1) is 13.4. The number of para-hydroxylation sites is 1. The molecule has 12 heteroatoms. The lowest BCUT2D eigenvalue weighted by atomic mass is 10.3. The van der Waals surface area contributed by atoms with Crippen LogP contribution in [0.15, 0.2) is 52.8 Å². The summed E-state index contributed by atoms with van der Waals surface area (Å²) in [5.74, 6) is -1.95. The number of rotatable bonds is 4. The van der Waals surface area contributed by atoms with Gasteiger partial charge in [-0.3, -0.25) is 9.89 Å². The average Bonchev–Trinajstić information content (AvgIpc) is 3.42. The quantitative estimate of drug-likeness (QED) is 0.509. The van der Waals surface area contributed by atoms with Gasteiger partial charge in [0.15, 0.2) is 5.01 Å². The van der Waals surface area contributed by atoms with Crippen molar-refractivity contribution < 1.29 is 18.0 Å². The third-order valence-corrected chi connectivity index (χ3v) is 5.21. The van der Waals surface area contributed by atoms with Gasteiger partial charge in [-0.2, -0.15) is 28.2 Å². The van der Waals surface area contributed by atoms with Crippen LogP contribution < -0.4 is 4.80 Å². The highest BCUT2D eigenvalue weighted by molar-refractivity contribution is 7.15. The van der Waals surface area contributed by atoms with Crippen molar-refractivity contribution >= 4 is 34.4 Å². The second-order valence-electron chi connectivity index (χ2n) is 5.34. The van der Waals surface area contributed by atoms with Gasteiger partial charge in [0.25, 0.3) is 5.95 Å². The van der Waals surface area contributed by atoms with Crippen LogP contribution in [0.4, 0.5) is 19.1 Å². The first-order valence-electron chi connectivity index (χ1n) is 7.70. The van der Waals surface area contributed by atoms with Gasteiger partial charge in [0.05, 0.1) is 10.6 Å². The van der Waals surface area contributed by atoms with Crippen LogP contribution in [0.25, 0.3) is 5.69 Å². The molecule has 0 spiro atoms. The number of halogens is 3. The molecule has 7 nitrogen and oxygen atoms in total. The van der Waals surface area contributed by atoms with E-state index in [9.17, 15) is 18.0 Å². The number of benzene rings is 1. The van der Waals surface area contributed by atoms with Crippen molar-refractivity contribution in [3.05, 3.63) is 68.4 Å². The minimum absolute atomic E-state index is 0.150. The summed E-state index contributed by atoms with van der Waals surface area (Å²) in [6.45, 7) is 0. The van der Waals surface area contributed by atoms with Gasteiger partial charge < -0.3 is 0 Å². The molecule has 0 atom stereocenters. The number of alkyl halides is 3. The number of hydrogen-bond donors (Lipinski definition) is 1. The summed E-state index contributed by atoms with van der Waals surface area (Å²) in [6.07, 6.45) is -4.66. The molecule has 4 rings (SSSR count).